The zero-order chi connectivity index (χ0) is 20.1. The maximum absolute atomic E-state index is 12.3. The molecule has 0 saturated carbocycles. The minimum Gasteiger partial charge on any atom is -0.497 e. The Morgan fingerprint density at radius 1 is 1.07 bits per heavy atom. The number of ether oxygens (including phenoxy) is 2. The Labute approximate surface area is 164 Å². The van der Waals surface area contributed by atoms with Crippen molar-refractivity contribution in [3.8, 4) is 5.75 Å². The number of anilines is 1. The third-order valence-corrected chi connectivity index (χ3v) is 4.87. The first-order chi connectivity index (χ1) is 13.5. The van der Waals surface area contributed by atoms with Crippen molar-refractivity contribution in [3.05, 3.63) is 59.7 Å². The number of ketones is 1. The van der Waals surface area contributed by atoms with Crippen molar-refractivity contribution in [2.45, 2.75) is 19.8 Å². The van der Waals surface area contributed by atoms with Crippen LogP contribution in [0.3, 0.4) is 0 Å². The molecule has 1 aliphatic heterocycles. The number of hydrogen-bond acceptors (Lipinski definition) is 5. The molecule has 0 aromatic heterocycles. The van der Waals surface area contributed by atoms with Crippen LogP contribution in [0, 0.1) is 5.92 Å². The van der Waals surface area contributed by atoms with Crippen LogP contribution in [0.2, 0.25) is 0 Å². The number of aryl methyl sites for hydroxylation is 1. The normalized spacial score (nSPS) is 16.1. The van der Waals surface area contributed by atoms with Crippen LogP contribution in [0.15, 0.2) is 48.5 Å². The molecule has 6 nitrogen and oxygen atoms in total. The van der Waals surface area contributed by atoms with Gasteiger partial charge in [0.15, 0.2) is 12.4 Å². The van der Waals surface area contributed by atoms with Crippen molar-refractivity contribution in [2.24, 2.45) is 5.92 Å². The van der Waals surface area contributed by atoms with Gasteiger partial charge < -0.3 is 14.4 Å². The highest BCUT2D eigenvalue weighted by Crippen LogP contribution is 2.26. The zero-order valence-electron chi connectivity index (χ0n) is 16.0. The average Bonchev–Trinajstić information content (AvgIpc) is 3.13. The van der Waals surface area contributed by atoms with Gasteiger partial charge in [0.2, 0.25) is 5.91 Å². The number of rotatable bonds is 7. The molecule has 0 radical (unpaired) electrons. The second kappa shape index (κ2) is 8.69. The van der Waals surface area contributed by atoms with Gasteiger partial charge in [-0.15, -0.1) is 0 Å². The molecule has 1 amide bonds. The minimum atomic E-state index is -0.568. The summed E-state index contributed by atoms with van der Waals surface area (Å²) >= 11 is 0. The van der Waals surface area contributed by atoms with Crippen LogP contribution >= 0.6 is 0 Å². The maximum atomic E-state index is 12.3. The predicted octanol–water partition coefficient (Wildman–Crippen LogP) is 3.04. The predicted molar refractivity (Wildman–Crippen MR) is 105 cm³/mol. The summed E-state index contributed by atoms with van der Waals surface area (Å²) in [4.78, 5) is 38.4. The molecule has 6 heteroatoms. The number of amides is 1. The van der Waals surface area contributed by atoms with E-state index >= 15 is 0 Å². The molecule has 1 saturated heterocycles. The molecule has 0 bridgehead atoms. The van der Waals surface area contributed by atoms with Gasteiger partial charge in [-0.1, -0.05) is 19.1 Å². The zero-order valence-corrected chi connectivity index (χ0v) is 16.0. The van der Waals surface area contributed by atoms with E-state index in [9.17, 15) is 14.4 Å². The van der Waals surface area contributed by atoms with Gasteiger partial charge in [0.1, 0.15) is 5.75 Å². The fourth-order valence-electron chi connectivity index (χ4n) is 3.14. The van der Waals surface area contributed by atoms with Gasteiger partial charge >= 0.3 is 5.97 Å². The largest absolute Gasteiger partial charge is 0.497 e. The van der Waals surface area contributed by atoms with E-state index < -0.39 is 11.9 Å². The molecule has 3 rings (SSSR count). The summed E-state index contributed by atoms with van der Waals surface area (Å²) in [6.45, 7) is 1.98. The Morgan fingerprint density at radius 3 is 2.36 bits per heavy atom. The second-order valence-electron chi connectivity index (χ2n) is 6.68. The third-order valence-electron chi connectivity index (χ3n) is 4.87. The van der Waals surface area contributed by atoms with E-state index in [0.29, 0.717) is 11.3 Å². The molecule has 1 atom stereocenters. The molecule has 2 aromatic carbocycles. The molecule has 28 heavy (non-hydrogen) atoms. The van der Waals surface area contributed by atoms with Crippen molar-refractivity contribution >= 4 is 23.3 Å². The Balaban J connectivity index is 1.55. The van der Waals surface area contributed by atoms with Crippen LogP contribution in [0.25, 0.3) is 0 Å². The fourth-order valence-corrected chi connectivity index (χ4v) is 3.14. The monoisotopic (exact) mass is 381 g/mol. The second-order valence-corrected chi connectivity index (χ2v) is 6.68. The summed E-state index contributed by atoms with van der Waals surface area (Å²) in [5.74, 6) is -0.866. The molecular weight excluding hydrogens is 358 g/mol. The lowest BCUT2D eigenvalue weighted by molar-refractivity contribution is -0.147. The topological polar surface area (TPSA) is 72.9 Å². The number of benzene rings is 2. The average molecular weight is 381 g/mol. The third kappa shape index (κ3) is 4.39. The first kappa shape index (κ1) is 19.6. The summed E-state index contributed by atoms with van der Waals surface area (Å²) in [6, 6.07) is 14.3. The standard InChI is InChI=1S/C22H23NO5/c1-3-15-4-8-18(9-5-15)23-13-17(12-21(23)25)22(26)28-14-20(24)16-6-10-19(27-2)11-7-16/h4-11,17H,3,12-14H2,1-2H3/t17-/m0/s1. The molecule has 0 aliphatic carbocycles. The van der Waals surface area contributed by atoms with E-state index in [-0.39, 0.29) is 31.3 Å². The van der Waals surface area contributed by atoms with Crippen molar-refractivity contribution in [3.63, 3.8) is 0 Å². The highest BCUT2D eigenvalue weighted by atomic mass is 16.5. The van der Waals surface area contributed by atoms with Crippen molar-refractivity contribution < 1.29 is 23.9 Å². The Bertz CT molecular complexity index is 858. The van der Waals surface area contributed by atoms with Gasteiger partial charge in [0.05, 0.1) is 13.0 Å². The number of methoxy groups -OCH3 is 1. The SMILES string of the molecule is CCc1ccc(N2C[C@@H](C(=O)OCC(=O)c3ccc(OC)cc3)CC2=O)cc1. The number of esters is 1. The lowest BCUT2D eigenvalue weighted by Gasteiger charge is -2.17. The van der Waals surface area contributed by atoms with E-state index in [0.717, 1.165) is 12.1 Å². The highest BCUT2D eigenvalue weighted by molar-refractivity contribution is 6.01. The van der Waals surface area contributed by atoms with Gasteiger partial charge in [-0.2, -0.15) is 0 Å². The minimum absolute atomic E-state index is 0.0884. The molecule has 0 N–H and O–H groups in total. The molecule has 1 aliphatic rings. The molecule has 146 valence electrons. The van der Waals surface area contributed by atoms with E-state index in [2.05, 4.69) is 6.92 Å². The number of nitrogens with zero attached hydrogens (tertiary/aromatic N) is 1. The van der Waals surface area contributed by atoms with Crippen LogP contribution in [0.1, 0.15) is 29.3 Å². The smallest absolute Gasteiger partial charge is 0.311 e. The lowest BCUT2D eigenvalue weighted by Crippen LogP contribution is -2.27. The maximum Gasteiger partial charge on any atom is 0.311 e. The van der Waals surface area contributed by atoms with Crippen LogP contribution in [0.4, 0.5) is 5.69 Å². The molecule has 2 aromatic rings. The van der Waals surface area contributed by atoms with Crippen LogP contribution in [-0.4, -0.2) is 37.9 Å². The molecule has 1 fully saturated rings. The summed E-state index contributed by atoms with van der Waals surface area (Å²) in [7, 11) is 1.54. The van der Waals surface area contributed by atoms with Crippen molar-refractivity contribution in [2.75, 3.05) is 25.2 Å². The van der Waals surface area contributed by atoms with Crippen molar-refractivity contribution in [1.82, 2.24) is 0 Å². The number of carbonyl (C=O) groups excluding carboxylic acids is 3. The Kier molecular flexibility index (Phi) is 6.09. The quantitative estimate of drug-likeness (QED) is 0.544. The van der Waals surface area contributed by atoms with Gasteiger partial charge in [0.25, 0.3) is 0 Å². The van der Waals surface area contributed by atoms with E-state index in [1.54, 1.807) is 36.3 Å². The summed E-state index contributed by atoms with van der Waals surface area (Å²) in [5.41, 5.74) is 2.39. The Morgan fingerprint density at radius 2 is 1.75 bits per heavy atom. The van der Waals surface area contributed by atoms with Gasteiger partial charge in [-0.3, -0.25) is 14.4 Å². The summed E-state index contributed by atoms with van der Waals surface area (Å²) in [5, 5.41) is 0. The van der Waals surface area contributed by atoms with Crippen LogP contribution < -0.4 is 9.64 Å². The van der Waals surface area contributed by atoms with E-state index in [4.69, 9.17) is 9.47 Å². The molecule has 1 heterocycles. The Hall–Kier alpha value is -3.15. The van der Waals surface area contributed by atoms with E-state index in [1.165, 1.54) is 5.56 Å². The van der Waals surface area contributed by atoms with Gasteiger partial charge in [0, 0.05) is 24.2 Å². The van der Waals surface area contributed by atoms with Gasteiger partial charge in [-0.05, 0) is 48.4 Å². The first-order valence-electron chi connectivity index (χ1n) is 9.25. The molecular formula is C22H23NO5. The first-order valence-corrected chi connectivity index (χ1v) is 9.25. The van der Waals surface area contributed by atoms with Gasteiger partial charge in [-0.25, -0.2) is 0 Å². The lowest BCUT2D eigenvalue weighted by atomic mass is 10.1. The number of carbonyl (C=O) groups is 3. The highest BCUT2D eigenvalue weighted by Gasteiger charge is 2.36. The fraction of sp³-hybridized carbons (Fsp3) is 0.318. The summed E-state index contributed by atoms with van der Waals surface area (Å²) in [6.07, 6.45) is 1.01. The number of Topliss-reactive ketones (excluding diaryl/α,β-unsaturated/α-hetero) is 1. The van der Waals surface area contributed by atoms with E-state index in [1.807, 2.05) is 24.3 Å². The molecule has 0 unspecified atom stereocenters. The van der Waals surface area contributed by atoms with Crippen LogP contribution in [-0.2, 0) is 20.7 Å². The van der Waals surface area contributed by atoms with Crippen molar-refractivity contribution in [1.29, 1.82) is 0 Å². The number of hydrogen-bond donors (Lipinski definition) is 0. The van der Waals surface area contributed by atoms with Crippen LogP contribution in [0.5, 0.6) is 5.75 Å². The molecule has 0 spiro atoms. The summed E-state index contributed by atoms with van der Waals surface area (Å²) < 4.78 is 10.2.